The maximum atomic E-state index is 11.1. The average molecular weight is 220 g/mol. The van der Waals surface area contributed by atoms with Crippen molar-refractivity contribution in [2.24, 2.45) is 0 Å². The van der Waals surface area contributed by atoms with Crippen LogP contribution in [-0.4, -0.2) is 23.9 Å². The molecule has 1 aromatic carbocycles. The van der Waals surface area contributed by atoms with E-state index in [1.54, 1.807) is 0 Å². The highest BCUT2D eigenvalue weighted by Gasteiger charge is 2.06. The highest BCUT2D eigenvalue weighted by molar-refractivity contribution is 5.89. The first kappa shape index (κ1) is 12.7. The standard InChI is InChI=1S/C13H20N2O/c1-4-15(5-2)10-12-8-6-7-9-13(12)14-11(3)16/h6-9H,4-5,10H2,1-3H3,(H,14,16). The highest BCUT2D eigenvalue weighted by Crippen LogP contribution is 2.16. The fourth-order valence-corrected chi connectivity index (χ4v) is 1.66. The third kappa shape index (κ3) is 3.66. The van der Waals surface area contributed by atoms with E-state index in [1.165, 1.54) is 12.5 Å². The number of nitrogens with zero attached hydrogens (tertiary/aromatic N) is 1. The number of amides is 1. The fraction of sp³-hybridized carbons (Fsp3) is 0.462. The molecule has 0 unspecified atom stereocenters. The first-order valence-electron chi connectivity index (χ1n) is 5.75. The van der Waals surface area contributed by atoms with Gasteiger partial charge in [-0.2, -0.15) is 0 Å². The van der Waals surface area contributed by atoms with Crippen molar-refractivity contribution in [3.05, 3.63) is 29.8 Å². The van der Waals surface area contributed by atoms with Crippen LogP contribution in [0.1, 0.15) is 26.3 Å². The molecule has 0 fully saturated rings. The van der Waals surface area contributed by atoms with Gasteiger partial charge in [0.1, 0.15) is 0 Å². The van der Waals surface area contributed by atoms with Gasteiger partial charge < -0.3 is 5.32 Å². The van der Waals surface area contributed by atoms with Gasteiger partial charge in [-0.3, -0.25) is 9.69 Å². The molecule has 0 bridgehead atoms. The van der Waals surface area contributed by atoms with Gasteiger partial charge in [0.05, 0.1) is 0 Å². The summed E-state index contributed by atoms with van der Waals surface area (Å²) >= 11 is 0. The van der Waals surface area contributed by atoms with Gasteiger partial charge in [0.2, 0.25) is 5.91 Å². The van der Waals surface area contributed by atoms with Gasteiger partial charge in [-0.15, -0.1) is 0 Å². The molecule has 1 amide bonds. The van der Waals surface area contributed by atoms with Gasteiger partial charge in [-0.05, 0) is 24.7 Å². The van der Waals surface area contributed by atoms with Crippen LogP contribution in [0.3, 0.4) is 0 Å². The van der Waals surface area contributed by atoms with E-state index in [0.717, 1.165) is 25.3 Å². The molecule has 0 spiro atoms. The Morgan fingerprint density at radius 2 is 1.88 bits per heavy atom. The lowest BCUT2D eigenvalue weighted by Crippen LogP contribution is -2.23. The second-order valence-electron chi connectivity index (χ2n) is 3.80. The van der Waals surface area contributed by atoms with Crippen molar-refractivity contribution < 1.29 is 4.79 Å². The number of anilines is 1. The van der Waals surface area contributed by atoms with Crippen molar-refractivity contribution in [3.63, 3.8) is 0 Å². The van der Waals surface area contributed by atoms with E-state index in [4.69, 9.17) is 0 Å². The van der Waals surface area contributed by atoms with Crippen LogP contribution < -0.4 is 5.32 Å². The number of carbonyl (C=O) groups is 1. The zero-order valence-electron chi connectivity index (χ0n) is 10.3. The monoisotopic (exact) mass is 220 g/mol. The molecule has 3 heteroatoms. The van der Waals surface area contributed by atoms with Crippen molar-refractivity contribution in [2.45, 2.75) is 27.3 Å². The fourth-order valence-electron chi connectivity index (χ4n) is 1.66. The molecule has 1 N–H and O–H groups in total. The maximum absolute atomic E-state index is 11.1. The van der Waals surface area contributed by atoms with Gasteiger partial charge in [0.15, 0.2) is 0 Å². The summed E-state index contributed by atoms with van der Waals surface area (Å²) in [5.74, 6) is -0.0213. The minimum absolute atomic E-state index is 0.0213. The van der Waals surface area contributed by atoms with Crippen LogP contribution >= 0.6 is 0 Å². The zero-order valence-corrected chi connectivity index (χ0v) is 10.3. The van der Waals surface area contributed by atoms with E-state index < -0.39 is 0 Å². The molecule has 16 heavy (non-hydrogen) atoms. The molecule has 0 heterocycles. The molecule has 0 aliphatic rings. The van der Waals surface area contributed by atoms with Crippen LogP contribution in [0.4, 0.5) is 5.69 Å². The molecule has 0 aliphatic heterocycles. The predicted molar refractivity (Wildman–Crippen MR) is 67.4 cm³/mol. The Kier molecular flexibility index (Phi) is 4.99. The Labute approximate surface area is 97.5 Å². The van der Waals surface area contributed by atoms with Crippen molar-refractivity contribution >= 4 is 11.6 Å². The maximum Gasteiger partial charge on any atom is 0.221 e. The summed E-state index contributed by atoms with van der Waals surface area (Å²) in [7, 11) is 0. The summed E-state index contributed by atoms with van der Waals surface area (Å²) in [4.78, 5) is 13.4. The average Bonchev–Trinajstić information content (AvgIpc) is 2.27. The molecule has 0 saturated carbocycles. The van der Waals surface area contributed by atoms with Crippen molar-refractivity contribution in [2.75, 3.05) is 18.4 Å². The molecule has 1 rings (SSSR count). The molecule has 1 aromatic rings. The van der Waals surface area contributed by atoms with Crippen LogP contribution in [0.25, 0.3) is 0 Å². The molecular formula is C13H20N2O. The van der Waals surface area contributed by atoms with E-state index >= 15 is 0 Å². The quantitative estimate of drug-likeness (QED) is 0.826. The second-order valence-corrected chi connectivity index (χ2v) is 3.80. The Morgan fingerprint density at radius 3 is 2.44 bits per heavy atom. The smallest absolute Gasteiger partial charge is 0.221 e. The minimum Gasteiger partial charge on any atom is -0.326 e. The van der Waals surface area contributed by atoms with E-state index in [2.05, 4.69) is 30.1 Å². The molecule has 0 radical (unpaired) electrons. The molecule has 3 nitrogen and oxygen atoms in total. The van der Waals surface area contributed by atoms with Gasteiger partial charge in [0, 0.05) is 19.2 Å². The third-order valence-corrected chi connectivity index (χ3v) is 2.62. The molecule has 0 atom stereocenters. The molecule has 0 saturated heterocycles. The molecule has 0 aliphatic carbocycles. The summed E-state index contributed by atoms with van der Waals surface area (Å²) in [5.41, 5.74) is 2.09. The predicted octanol–water partition coefficient (Wildman–Crippen LogP) is 2.49. The molecule has 0 aromatic heterocycles. The van der Waals surface area contributed by atoms with Gasteiger partial charge in [0.25, 0.3) is 0 Å². The Hall–Kier alpha value is -1.35. The lowest BCUT2D eigenvalue weighted by molar-refractivity contribution is -0.114. The Morgan fingerprint density at radius 1 is 1.25 bits per heavy atom. The van der Waals surface area contributed by atoms with Crippen LogP contribution in [0.15, 0.2) is 24.3 Å². The number of para-hydroxylation sites is 1. The zero-order chi connectivity index (χ0) is 12.0. The first-order valence-corrected chi connectivity index (χ1v) is 5.75. The first-order chi connectivity index (χ1) is 7.67. The largest absolute Gasteiger partial charge is 0.326 e. The van der Waals surface area contributed by atoms with Gasteiger partial charge in [-0.1, -0.05) is 32.0 Å². The van der Waals surface area contributed by atoms with Crippen LogP contribution in [0.5, 0.6) is 0 Å². The number of hydrogen-bond acceptors (Lipinski definition) is 2. The minimum atomic E-state index is -0.0213. The summed E-state index contributed by atoms with van der Waals surface area (Å²) < 4.78 is 0. The number of hydrogen-bond donors (Lipinski definition) is 1. The highest BCUT2D eigenvalue weighted by atomic mass is 16.1. The Bertz CT molecular complexity index is 346. The summed E-state index contributed by atoms with van der Waals surface area (Å²) in [6.07, 6.45) is 0. The van der Waals surface area contributed by atoms with Crippen LogP contribution in [-0.2, 0) is 11.3 Å². The van der Waals surface area contributed by atoms with E-state index in [1.807, 2.05) is 18.2 Å². The van der Waals surface area contributed by atoms with Crippen molar-refractivity contribution in [3.8, 4) is 0 Å². The van der Waals surface area contributed by atoms with E-state index in [9.17, 15) is 4.79 Å². The second kappa shape index (κ2) is 6.28. The van der Waals surface area contributed by atoms with Gasteiger partial charge in [-0.25, -0.2) is 0 Å². The number of nitrogens with one attached hydrogen (secondary N) is 1. The summed E-state index contributed by atoms with van der Waals surface area (Å²) in [6.45, 7) is 8.74. The van der Waals surface area contributed by atoms with E-state index in [-0.39, 0.29) is 5.91 Å². The lowest BCUT2D eigenvalue weighted by Gasteiger charge is -2.20. The van der Waals surface area contributed by atoms with E-state index in [0.29, 0.717) is 0 Å². The van der Waals surface area contributed by atoms with Crippen molar-refractivity contribution in [1.82, 2.24) is 4.90 Å². The third-order valence-electron chi connectivity index (χ3n) is 2.62. The van der Waals surface area contributed by atoms with Crippen LogP contribution in [0.2, 0.25) is 0 Å². The van der Waals surface area contributed by atoms with Gasteiger partial charge >= 0.3 is 0 Å². The SMILES string of the molecule is CCN(CC)Cc1ccccc1NC(C)=O. The Balaban J connectivity index is 2.81. The molecular weight excluding hydrogens is 200 g/mol. The lowest BCUT2D eigenvalue weighted by atomic mass is 10.1. The molecule has 88 valence electrons. The summed E-state index contributed by atoms with van der Waals surface area (Å²) in [6, 6.07) is 7.95. The number of carbonyl (C=O) groups excluding carboxylic acids is 1. The van der Waals surface area contributed by atoms with Crippen LogP contribution in [0, 0.1) is 0 Å². The number of benzene rings is 1. The normalized spacial score (nSPS) is 10.5. The topological polar surface area (TPSA) is 32.3 Å². The van der Waals surface area contributed by atoms with Crippen molar-refractivity contribution in [1.29, 1.82) is 0 Å². The number of rotatable bonds is 5. The summed E-state index contributed by atoms with van der Waals surface area (Å²) in [5, 5.41) is 2.86.